The number of nitrogens with one attached hydrogen (secondary N) is 2. The molecule has 2 aromatic rings. The van der Waals surface area contributed by atoms with Crippen LogP contribution in [0.25, 0.3) is 0 Å². The van der Waals surface area contributed by atoms with Crippen LogP contribution in [0.1, 0.15) is 63.0 Å². The molecule has 3 rings (SSSR count). The summed E-state index contributed by atoms with van der Waals surface area (Å²) < 4.78 is 0. The van der Waals surface area contributed by atoms with Gasteiger partial charge in [-0.25, -0.2) is 0 Å². The topological polar surface area (TPSA) is 61.4 Å². The Morgan fingerprint density at radius 3 is 2.23 bits per heavy atom. The Hall–Kier alpha value is -2.37. The lowest BCUT2D eigenvalue weighted by molar-refractivity contribution is -0.127. The third kappa shape index (κ3) is 8.66. The summed E-state index contributed by atoms with van der Waals surface area (Å²) in [5.41, 5.74) is 2.65. The Morgan fingerprint density at radius 2 is 1.60 bits per heavy atom. The standard InChI is InChI=1S/C29H40ClN3O2/c1-22(9-10-23-7-5-4-6-8-23)31-27(34)15-16-28(35)32-26-17-19-29(20-18-26,33(2)3)21-24-11-13-25(30)14-12-24/h4-8,11-14,22,26H,9-10,15-21H2,1-3H3,(H,31,34)(H,32,35). The highest BCUT2D eigenvalue weighted by Gasteiger charge is 2.37. The summed E-state index contributed by atoms with van der Waals surface area (Å²) in [4.78, 5) is 27.2. The van der Waals surface area contributed by atoms with E-state index in [1.54, 1.807) is 0 Å². The molecule has 1 atom stereocenters. The van der Waals surface area contributed by atoms with E-state index in [4.69, 9.17) is 11.6 Å². The molecule has 0 bridgehead atoms. The molecule has 190 valence electrons. The van der Waals surface area contributed by atoms with E-state index >= 15 is 0 Å². The Morgan fingerprint density at radius 1 is 0.971 bits per heavy atom. The molecule has 6 heteroatoms. The Kier molecular flexibility index (Phi) is 10.2. The third-order valence-corrected chi connectivity index (χ3v) is 7.62. The molecule has 2 N–H and O–H groups in total. The molecular formula is C29H40ClN3O2. The second kappa shape index (κ2) is 13.1. The lowest BCUT2D eigenvalue weighted by Crippen LogP contribution is -2.52. The number of carbonyl (C=O) groups excluding carboxylic acids is 2. The third-order valence-electron chi connectivity index (χ3n) is 7.37. The van der Waals surface area contributed by atoms with Crippen molar-refractivity contribution in [3.05, 3.63) is 70.7 Å². The Balaban J connectivity index is 1.37. The number of nitrogens with zero attached hydrogens (tertiary/aromatic N) is 1. The van der Waals surface area contributed by atoms with E-state index in [0.29, 0.717) is 0 Å². The average Bonchev–Trinajstić information content (AvgIpc) is 2.85. The average molecular weight is 498 g/mol. The molecule has 1 saturated carbocycles. The van der Waals surface area contributed by atoms with Gasteiger partial charge in [0.1, 0.15) is 0 Å². The molecule has 1 aliphatic rings. The van der Waals surface area contributed by atoms with Gasteiger partial charge in [0.25, 0.3) is 0 Å². The summed E-state index contributed by atoms with van der Waals surface area (Å²) in [6.45, 7) is 2.02. The first kappa shape index (κ1) is 27.2. The lowest BCUT2D eigenvalue weighted by Gasteiger charge is -2.45. The van der Waals surface area contributed by atoms with Crippen molar-refractivity contribution in [1.29, 1.82) is 0 Å². The van der Waals surface area contributed by atoms with Crippen molar-refractivity contribution in [2.24, 2.45) is 0 Å². The maximum Gasteiger partial charge on any atom is 0.220 e. The molecule has 5 nitrogen and oxygen atoms in total. The van der Waals surface area contributed by atoms with Gasteiger partial charge in [-0.2, -0.15) is 0 Å². The van der Waals surface area contributed by atoms with Gasteiger partial charge in [0.05, 0.1) is 0 Å². The molecule has 2 amide bonds. The SMILES string of the molecule is CC(CCc1ccccc1)NC(=O)CCC(=O)NC1CCC(Cc2ccc(Cl)cc2)(N(C)C)CC1. The highest BCUT2D eigenvalue weighted by molar-refractivity contribution is 6.30. The summed E-state index contributed by atoms with van der Waals surface area (Å²) in [7, 11) is 4.29. The van der Waals surface area contributed by atoms with E-state index in [2.05, 4.69) is 53.9 Å². The predicted octanol–water partition coefficient (Wildman–Crippen LogP) is 5.16. The van der Waals surface area contributed by atoms with E-state index in [1.807, 2.05) is 37.3 Å². The molecule has 0 aromatic heterocycles. The molecule has 2 aromatic carbocycles. The van der Waals surface area contributed by atoms with Crippen molar-refractivity contribution in [3.8, 4) is 0 Å². The lowest BCUT2D eigenvalue weighted by atomic mass is 9.75. The smallest absolute Gasteiger partial charge is 0.220 e. The number of rotatable bonds is 11. The van der Waals surface area contributed by atoms with Crippen molar-refractivity contribution in [3.63, 3.8) is 0 Å². The van der Waals surface area contributed by atoms with Crippen LogP contribution in [0, 0.1) is 0 Å². The zero-order chi connectivity index (χ0) is 25.3. The molecular weight excluding hydrogens is 458 g/mol. The van der Waals surface area contributed by atoms with Crippen molar-refractivity contribution >= 4 is 23.4 Å². The quantitative estimate of drug-likeness (QED) is 0.450. The number of aryl methyl sites for hydroxylation is 1. The first-order valence-electron chi connectivity index (χ1n) is 12.8. The minimum atomic E-state index is -0.0565. The molecule has 0 radical (unpaired) electrons. The Labute approximate surface area is 215 Å². The van der Waals surface area contributed by atoms with Crippen LogP contribution in [0.5, 0.6) is 0 Å². The van der Waals surface area contributed by atoms with Crippen LogP contribution in [0.4, 0.5) is 0 Å². The first-order valence-corrected chi connectivity index (χ1v) is 13.2. The van der Waals surface area contributed by atoms with Gasteiger partial charge in [0, 0.05) is 35.5 Å². The fourth-order valence-electron chi connectivity index (χ4n) is 5.04. The highest BCUT2D eigenvalue weighted by atomic mass is 35.5. The van der Waals surface area contributed by atoms with E-state index in [9.17, 15) is 9.59 Å². The number of likely N-dealkylation sites (N-methyl/N-ethyl adjacent to an activating group) is 1. The van der Waals surface area contributed by atoms with Crippen LogP contribution in [0.2, 0.25) is 5.02 Å². The van der Waals surface area contributed by atoms with E-state index in [-0.39, 0.29) is 42.3 Å². The second-order valence-corrected chi connectivity index (χ2v) is 10.7. The van der Waals surface area contributed by atoms with Crippen LogP contribution >= 0.6 is 11.6 Å². The second-order valence-electron chi connectivity index (χ2n) is 10.3. The van der Waals surface area contributed by atoms with E-state index < -0.39 is 0 Å². The number of hydrogen-bond donors (Lipinski definition) is 2. The van der Waals surface area contributed by atoms with Gasteiger partial charge < -0.3 is 15.5 Å². The summed E-state index contributed by atoms with van der Waals surface area (Å²) >= 11 is 6.05. The number of carbonyl (C=O) groups is 2. The number of halogens is 1. The zero-order valence-electron chi connectivity index (χ0n) is 21.4. The van der Waals surface area contributed by atoms with Gasteiger partial charge in [-0.1, -0.05) is 54.1 Å². The summed E-state index contributed by atoms with van der Waals surface area (Å²) in [5, 5.41) is 6.95. The zero-order valence-corrected chi connectivity index (χ0v) is 22.1. The monoisotopic (exact) mass is 497 g/mol. The first-order chi connectivity index (χ1) is 16.8. The normalized spacial score (nSPS) is 20.9. The largest absolute Gasteiger partial charge is 0.354 e. The maximum absolute atomic E-state index is 12.5. The molecule has 1 unspecified atom stereocenters. The van der Waals surface area contributed by atoms with Crippen LogP contribution in [-0.2, 0) is 22.4 Å². The van der Waals surface area contributed by atoms with Crippen LogP contribution in [0.15, 0.2) is 54.6 Å². The van der Waals surface area contributed by atoms with Crippen molar-refractivity contribution < 1.29 is 9.59 Å². The van der Waals surface area contributed by atoms with Gasteiger partial charge >= 0.3 is 0 Å². The molecule has 0 aliphatic heterocycles. The summed E-state index contributed by atoms with van der Waals surface area (Å²) in [6, 6.07) is 18.6. The molecule has 0 spiro atoms. The molecule has 1 aliphatic carbocycles. The van der Waals surface area contributed by atoms with Crippen molar-refractivity contribution in [2.75, 3.05) is 14.1 Å². The number of benzene rings is 2. The van der Waals surface area contributed by atoms with Gasteiger partial charge in [-0.15, -0.1) is 0 Å². The molecule has 35 heavy (non-hydrogen) atoms. The van der Waals surface area contributed by atoms with Gasteiger partial charge in [-0.05, 0) is 89.2 Å². The summed E-state index contributed by atoms with van der Waals surface area (Å²) in [5.74, 6) is -0.0870. The van der Waals surface area contributed by atoms with Crippen molar-refractivity contribution in [2.45, 2.75) is 82.3 Å². The number of hydrogen-bond acceptors (Lipinski definition) is 3. The highest BCUT2D eigenvalue weighted by Crippen LogP contribution is 2.35. The van der Waals surface area contributed by atoms with Crippen LogP contribution in [-0.4, -0.2) is 48.4 Å². The van der Waals surface area contributed by atoms with Gasteiger partial charge in [-0.3, -0.25) is 9.59 Å². The minimum Gasteiger partial charge on any atom is -0.354 e. The van der Waals surface area contributed by atoms with Crippen LogP contribution in [0.3, 0.4) is 0 Å². The summed E-state index contributed by atoms with van der Waals surface area (Å²) in [6.07, 6.45) is 7.18. The van der Waals surface area contributed by atoms with E-state index in [1.165, 1.54) is 11.1 Å². The van der Waals surface area contributed by atoms with Gasteiger partial charge in [0.2, 0.25) is 11.8 Å². The van der Waals surface area contributed by atoms with Crippen LogP contribution < -0.4 is 10.6 Å². The molecule has 0 heterocycles. The maximum atomic E-state index is 12.5. The number of amides is 2. The predicted molar refractivity (Wildman–Crippen MR) is 144 cm³/mol. The molecule has 0 saturated heterocycles. The fraction of sp³-hybridized carbons (Fsp3) is 0.517. The Bertz CT molecular complexity index is 938. The fourth-order valence-corrected chi connectivity index (χ4v) is 5.16. The van der Waals surface area contributed by atoms with Gasteiger partial charge in [0.15, 0.2) is 0 Å². The van der Waals surface area contributed by atoms with E-state index in [0.717, 1.165) is 50.0 Å². The minimum absolute atomic E-state index is 0.0304. The molecule has 1 fully saturated rings. The van der Waals surface area contributed by atoms with Crippen molar-refractivity contribution in [1.82, 2.24) is 15.5 Å².